The highest BCUT2D eigenvalue weighted by molar-refractivity contribution is 7.92. The van der Waals surface area contributed by atoms with Gasteiger partial charge >= 0.3 is 6.18 Å². The van der Waals surface area contributed by atoms with Crippen molar-refractivity contribution in [2.45, 2.75) is 19.0 Å². The van der Waals surface area contributed by atoms with Crippen LogP contribution in [0.25, 0.3) is 10.8 Å². The van der Waals surface area contributed by atoms with Crippen LogP contribution >= 0.6 is 0 Å². The summed E-state index contributed by atoms with van der Waals surface area (Å²) in [7, 11) is -4.55. The van der Waals surface area contributed by atoms with Gasteiger partial charge in [0.1, 0.15) is 11.5 Å². The molecule has 0 heterocycles. The topological polar surface area (TPSA) is 46.6 Å². The van der Waals surface area contributed by atoms with Crippen molar-refractivity contribution in [2.75, 3.05) is 10.3 Å². The summed E-state index contributed by atoms with van der Waals surface area (Å²) in [5.74, 6) is -0.275. The van der Waals surface area contributed by atoms with Crippen molar-refractivity contribution >= 4 is 26.5 Å². The normalized spacial score (nSPS) is 12.1. The zero-order valence-electron chi connectivity index (χ0n) is 15.1. The minimum atomic E-state index is -4.55. The van der Waals surface area contributed by atoms with E-state index < -0.39 is 39.3 Å². The summed E-state index contributed by atoms with van der Waals surface area (Å²) in [6.07, 6.45) is -6.52. The number of benzene rings is 3. The first-order valence-electron chi connectivity index (χ1n) is 8.67. The van der Waals surface area contributed by atoms with Gasteiger partial charge in [0, 0.05) is 17.9 Å². The fraction of sp³-hybridized carbons (Fsp3) is 0.200. The third-order valence-corrected chi connectivity index (χ3v) is 5.61. The van der Waals surface area contributed by atoms with Crippen LogP contribution in [0.4, 0.5) is 23.3 Å². The van der Waals surface area contributed by atoms with Crippen LogP contribution in [0.1, 0.15) is 12.8 Å². The van der Waals surface area contributed by atoms with E-state index in [9.17, 15) is 26.1 Å². The number of fused-ring (bicyclic) bond motifs is 1. The molecule has 0 atom stereocenters. The van der Waals surface area contributed by atoms with Gasteiger partial charge in [-0.25, -0.2) is 8.42 Å². The van der Waals surface area contributed by atoms with Crippen molar-refractivity contribution in [2.24, 2.45) is 0 Å². The van der Waals surface area contributed by atoms with Crippen molar-refractivity contribution in [3.05, 3.63) is 66.7 Å². The lowest BCUT2D eigenvalue weighted by Crippen LogP contribution is -2.26. The molecule has 0 N–H and O–H groups in total. The van der Waals surface area contributed by atoms with E-state index in [4.69, 9.17) is 4.74 Å². The summed E-state index contributed by atoms with van der Waals surface area (Å²) in [6.45, 7) is 0. The summed E-state index contributed by atoms with van der Waals surface area (Å²) in [4.78, 5) is 0. The molecule has 0 radical (unpaired) electrons. The minimum absolute atomic E-state index is 0.187. The summed E-state index contributed by atoms with van der Waals surface area (Å²) in [6, 6.07) is 18.1. The van der Waals surface area contributed by atoms with Crippen LogP contribution in [-0.4, -0.2) is 20.3 Å². The van der Waals surface area contributed by atoms with Crippen molar-refractivity contribution in [3.63, 3.8) is 0 Å². The molecule has 3 aromatic rings. The Bertz CT molecular complexity index is 1090. The maximum Gasteiger partial charge on any atom is 0.389 e. The van der Waals surface area contributed by atoms with E-state index in [-0.39, 0.29) is 11.4 Å². The molecule has 3 aromatic carbocycles. The zero-order chi connectivity index (χ0) is 21.1. The first-order chi connectivity index (χ1) is 13.7. The van der Waals surface area contributed by atoms with Crippen LogP contribution in [0.3, 0.4) is 0 Å². The van der Waals surface area contributed by atoms with Gasteiger partial charge in [0.2, 0.25) is 0 Å². The summed E-state index contributed by atoms with van der Waals surface area (Å²) >= 11 is 0. The highest BCUT2D eigenvalue weighted by atomic mass is 32.2. The fourth-order valence-electron chi connectivity index (χ4n) is 2.76. The van der Waals surface area contributed by atoms with Crippen molar-refractivity contribution in [1.82, 2.24) is 0 Å². The largest absolute Gasteiger partial charge is 0.457 e. The lowest BCUT2D eigenvalue weighted by atomic mass is 10.1. The van der Waals surface area contributed by atoms with Crippen molar-refractivity contribution < 1.29 is 30.8 Å². The Labute approximate surface area is 165 Å². The van der Waals surface area contributed by atoms with E-state index in [1.807, 2.05) is 30.3 Å². The summed E-state index contributed by atoms with van der Waals surface area (Å²) < 4.78 is 80.3. The van der Waals surface area contributed by atoms with Crippen molar-refractivity contribution in [3.8, 4) is 11.5 Å². The smallest absolute Gasteiger partial charge is 0.389 e. The third kappa shape index (κ3) is 5.38. The van der Waals surface area contributed by atoms with E-state index in [1.54, 1.807) is 12.1 Å². The number of ether oxygens (including phenoxy) is 1. The van der Waals surface area contributed by atoms with Gasteiger partial charge in [-0.15, -0.1) is 4.53 Å². The number of nitrogens with zero attached hydrogens (tertiary/aromatic N) is 1. The number of anilines is 1. The van der Waals surface area contributed by atoms with Crippen LogP contribution in [0, 0.1) is 0 Å². The van der Waals surface area contributed by atoms with E-state index in [0.29, 0.717) is 5.75 Å². The van der Waals surface area contributed by atoms with Crippen LogP contribution in [0.15, 0.2) is 66.7 Å². The quantitative estimate of drug-likeness (QED) is 0.343. The van der Waals surface area contributed by atoms with Crippen LogP contribution in [0.5, 0.6) is 11.5 Å². The molecule has 0 aliphatic rings. The molecule has 0 saturated heterocycles. The van der Waals surface area contributed by atoms with Crippen molar-refractivity contribution in [1.29, 1.82) is 0 Å². The standard InChI is InChI=1S/C20H17F4NO3S/c21-20(22,23)12-5-13-29(26,27)25(24)16-8-4-9-17(14-16)28-19-11-3-7-15-6-1-2-10-18(15)19/h1-4,6-11,14H,5,12-13H2. The Hall–Kier alpha value is -2.81. The summed E-state index contributed by atoms with van der Waals surface area (Å²) in [5.41, 5.74) is -0.352. The number of alkyl halides is 3. The lowest BCUT2D eigenvalue weighted by Gasteiger charge is -2.16. The maximum absolute atomic E-state index is 14.4. The Morgan fingerprint density at radius 1 is 0.931 bits per heavy atom. The van der Waals surface area contributed by atoms with Gasteiger partial charge in [-0.1, -0.05) is 46.9 Å². The second-order valence-corrected chi connectivity index (χ2v) is 8.22. The first kappa shape index (κ1) is 20.9. The molecule has 0 bridgehead atoms. The van der Waals surface area contributed by atoms with Gasteiger partial charge in [0.15, 0.2) is 0 Å². The minimum Gasteiger partial charge on any atom is -0.457 e. The lowest BCUT2D eigenvalue weighted by molar-refractivity contribution is -0.134. The molecule has 0 aromatic heterocycles. The van der Waals surface area contributed by atoms with E-state index in [2.05, 4.69) is 0 Å². The molecule has 29 heavy (non-hydrogen) atoms. The molecule has 4 nitrogen and oxygen atoms in total. The van der Waals surface area contributed by atoms with Crippen LogP contribution < -0.4 is 9.26 Å². The summed E-state index contributed by atoms with van der Waals surface area (Å²) in [5, 5.41) is 1.75. The number of halogens is 4. The average molecular weight is 427 g/mol. The second-order valence-electron chi connectivity index (χ2n) is 6.33. The molecular formula is C20H17F4NO3S. The molecular weight excluding hydrogens is 410 g/mol. The Kier molecular flexibility index (Phi) is 5.97. The Morgan fingerprint density at radius 3 is 2.38 bits per heavy atom. The molecule has 0 aliphatic heterocycles. The molecule has 0 fully saturated rings. The fourth-order valence-corrected chi connectivity index (χ4v) is 3.87. The molecule has 0 saturated carbocycles. The van der Waals surface area contributed by atoms with Gasteiger partial charge in [0.25, 0.3) is 10.0 Å². The van der Waals surface area contributed by atoms with Crippen LogP contribution in [-0.2, 0) is 10.0 Å². The second kappa shape index (κ2) is 8.28. The molecule has 9 heteroatoms. The number of rotatable bonds is 7. The average Bonchev–Trinajstić information content (AvgIpc) is 2.67. The third-order valence-electron chi connectivity index (χ3n) is 4.10. The van der Waals surface area contributed by atoms with E-state index in [1.165, 1.54) is 24.3 Å². The molecule has 0 amide bonds. The van der Waals surface area contributed by atoms with Gasteiger partial charge < -0.3 is 4.74 Å². The highest BCUT2D eigenvalue weighted by Crippen LogP contribution is 2.32. The monoisotopic (exact) mass is 427 g/mol. The molecule has 154 valence electrons. The number of sulfonamides is 1. The Balaban J connectivity index is 1.78. The molecule has 0 aliphatic carbocycles. The molecule has 0 unspecified atom stereocenters. The predicted octanol–water partition coefficient (Wildman–Crippen LogP) is 6.00. The number of hydrogen-bond acceptors (Lipinski definition) is 3. The predicted molar refractivity (Wildman–Crippen MR) is 103 cm³/mol. The van der Waals surface area contributed by atoms with E-state index in [0.717, 1.165) is 10.8 Å². The molecule has 0 spiro atoms. The van der Waals surface area contributed by atoms with Gasteiger partial charge in [-0.3, -0.25) is 0 Å². The maximum atomic E-state index is 14.4. The Morgan fingerprint density at radius 2 is 1.62 bits per heavy atom. The van der Waals surface area contributed by atoms with Crippen LogP contribution in [0.2, 0.25) is 0 Å². The van der Waals surface area contributed by atoms with E-state index >= 15 is 0 Å². The first-order valence-corrected chi connectivity index (χ1v) is 10.3. The SMILES string of the molecule is O=S(=O)(CCCC(F)(F)F)N(F)c1cccc(Oc2cccc3ccccc23)c1. The van der Waals surface area contributed by atoms with Gasteiger partial charge in [-0.2, -0.15) is 13.2 Å². The number of hydrogen-bond donors (Lipinski definition) is 0. The van der Waals surface area contributed by atoms with Gasteiger partial charge in [0.05, 0.1) is 11.4 Å². The molecule has 3 rings (SSSR count). The highest BCUT2D eigenvalue weighted by Gasteiger charge is 2.29. The zero-order valence-corrected chi connectivity index (χ0v) is 15.9. The van der Waals surface area contributed by atoms with Gasteiger partial charge in [-0.05, 0) is 30.0 Å².